The second-order valence-corrected chi connectivity index (χ2v) is 5.54. The van der Waals surface area contributed by atoms with Gasteiger partial charge in [-0.15, -0.1) is 0 Å². The summed E-state index contributed by atoms with van der Waals surface area (Å²) in [5, 5.41) is 13.3. The van der Waals surface area contributed by atoms with Gasteiger partial charge >= 0.3 is 0 Å². The van der Waals surface area contributed by atoms with Gasteiger partial charge < -0.3 is 10.4 Å². The Hall–Kier alpha value is -1.02. The van der Waals surface area contributed by atoms with Crippen molar-refractivity contribution in [1.29, 1.82) is 0 Å². The topological polar surface area (TPSA) is 32.3 Å². The van der Waals surface area contributed by atoms with Gasteiger partial charge in [-0.25, -0.2) is 0 Å². The Morgan fingerprint density at radius 2 is 1.82 bits per heavy atom. The minimum absolute atomic E-state index is 0.431. The number of nitrogens with one attached hydrogen (secondary N) is 1. The van der Waals surface area contributed by atoms with Crippen molar-refractivity contribution >= 4 is 0 Å². The van der Waals surface area contributed by atoms with Crippen molar-refractivity contribution in [2.24, 2.45) is 5.41 Å². The fourth-order valence-electron chi connectivity index (χ4n) is 2.45. The van der Waals surface area contributed by atoms with Gasteiger partial charge in [-0.2, -0.15) is 0 Å². The van der Waals surface area contributed by atoms with Crippen molar-refractivity contribution in [3.8, 4) is 5.75 Å². The Morgan fingerprint density at radius 3 is 2.29 bits per heavy atom. The normalized spacial score (nSPS) is 17.1. The number of hydrogen-bond acceptors (Lipinski definition) is 2. The SMILES string of the molecule is CCC1(CNCc2cc(C)c(O)c(C)c2)CC1. The van der Waals surface area contributed by atoms with E-state index >= 15 is 0 Å². The molecule has 0 amide bonds. The maximum absolute atomic E-state index is 9.71. The average Bonchev–Trinajstić information content (AvgIpc) is 3.06. The lowest BCUT2D eigenvalue weighted by Gasteiger charge is -2.14. The van der Waals surface area contributed by atoms with Crippen LogP contribution in [0.15, 0.2) is 12.1 Å². The van der Waals surface area contributed by atoms with Crippen molar-refractivity contribution < 1.29 is 5.11 Å². The van der Waals surface area contributed by atoms with Crippen molar-refractivity contribution in [1.82, 2.24) is 5.32 Å². The molecule has 1 saturated carbocycles. The van der Waals surface area contributed by atoms with E-state index in [9.17, 15) is 5.11 Å². The third-order valence-corrected chi connectivity index (χ3v) is 4.09. The van der Waals surface area contributed by atoms with Crippen molar-refractivity contribution in [2.75, 3.05) is 6.54 Å². The van der Waals surface area contributed by atoms with Crippen molar-refractivity contribution in [3.63, 3.8) is 0 Å². The lowest BCUT2D eigenvalue weighted by molar-refractivity contribution is 0.442. The molecule has 1 aromatic rings. The number of aromatic hydroxyl groups is 1. The largest absolute Gasteiger partial charge is 0.507 e. The van der Waals surface area contributed by atoms with Gasteiger partial charge in [-0.3, -0.25) is 0 Å². The molecule has 0 aliphatic heterocycles. The molecule has 2 nitrogen and oxygen atoms in total. The number of aryl methyl sites for hydroxylation is 2. The lowest BCUT2D eigenvalue weighted by Crippen LogP contribution is -2.23. The average molecular weight is 233 g/mol. The van der Waals surface area contributed by atoms with Gasteiger partial charge in [-0.1, -0.05) is 19.1 Å². The molecule has 0 aromatic heterocycles. The van der Waals surface area contributed by atoms with Gasteiger partial charge in [0, 0.05) is 13.1 Å². The predicted octanol–water partition coefficient (Wildman–Crippen LogP) is 3.29. The quantitative estimate of drug-likeness (QED) is 0.818. The highest BCUT2D eigenvalue weighted by Crippen LogP contribution is 2.47. The Morgan fingerprint density at radius 1 is 1.24 bits per heavy atom. The molecule has 1 aliphatic rings. The van der Waals surface area contributed by atoms with Crippen LogP contribution in [0.1, 0.15) is 42.9 Å². The third kappa shape index (κ3) is 2.81. The fourth-order valence-corrected chi connectivity index (χ4v) is 2.45. The Kier molecular flexibility index (Phi) is 3.43. The molecule has 1 aromatic carbocycles. The summed E-state index contributed by atoms with van der Waals surface area (Å²) in [5.74, 6) is 0.431. The Labute approximate surface area is 104 Å². The Balaban J connectivity index is 1.91. The monoisotopic (exact) mass is 233 g/mol. The van der Waals surface area contributed by atoms with Crippen molar-refractivity contribution in [3.05, 3.63) is 28.8 Å². The van der Waals surface area contributed by atoms with Crippen molar-refractivity contribution in [2.45, 2.75) is 46.6 Å². The summed E-state index contributed by atoms with van der Waals surface area (Å²) in [6, 6.07) is 4.14. The highest BCUT2D eigenvalue weighted by Gasteiger charge is 2.39. The number of phenols is 1. The summed E-state index contributed by atoms with van der Waals surface area (Å²) in [6.45, 7) is 8.23. The predicted molar refractivity (Wildman–Crippen MR) is 71.2 cm³/mol. The van der Waals surface area contributed by atoms with Crippen LogP contribution < -0.4 is 5.32 Å². The van der Waals surface area contributed by atoms with Crippen LogP contribution in [0.4, 0.5) is 0 Å². The third-order valence-electron chi connectivity index (χ3n) is 4.09. The highest BCUT2D eigenvalue weighted by atomic mass is 16.3. The molecule has 2 N–H and O–H groups in total. The minimum Gasteiger partial charge on any atom is -0.507 e. The second-order valence-electron chi connectivity index (χ2n) is 5.54. The molecule has 0 atom stereocenters. The molecule has 0 radical (unpaired) electrons. The molecular weight excluding hydrogens is 210 g/mol. The standard InChI is InChI=1S/C15H23NO/c1-4-15(5-6-15)10-16-9-13-7-11(2)14(17)12(3)8-13/h7-8,16-17H,4-6,9-10H2,1-3H3. The molecular formula is C15H23NO. The summed E-state index contributed by atoms with van der Waals surface area (Å²) in [4.78, 5) is 0. The van der Waals surface area contributed by atoms with Gasteiger partial charge in [0.15, 0.2) is 0 Å². The molecule has 0 spiro atoms. The van der Waals surface area contributed by atoms with Crippen LogP contribution in [0.5, 0.6) is 5.75 Å². The summed E-state index contributed by atoms with van der Waals surface area (Å²) < 4.78 is 0. The van der Waals surface area contributed by atoms with E-state index in [4.69, 9.17) is 0 Å². The maximum Gasteiger partial charge on any atom is 0.121 e. The van der Waals surface area contributed by atoms with Gasteiger partial charge in [0.25, 0.3) is 0 Å². The number of hydrogen-bond donors (Lipinski definition) is 2. The van der Waals surface area contributed by atoms with Gasteiger partial charge in [0.05, 0.1) is 0 Å². The molecule has 0 bridgehead atoms. The van der Waals surface area contributed by atoms with E-state index < -0.39 is 0 Å². The zero-order valence-electron chi connectivity index (χ0n) is 11.1. The molecule has 2 heteroatoms. The van der Waals surface area contributed by atoms with Crippen LogP contribution in [0.3, 0.4) is 0 Å². The number of rotatable bonds is 5. The zero-order chi connectivity index (χ0) is 12.5. The van der Waals surface area contributed by atoms with Gasteiger partial charge in [0.2, 0.25) is 0 Å². The summed E-state index contributed by atoms with van der Waals surface area (Å²) in [6.07, 6.45) is 4.04. The first-order valence-electron chi connectivity index (χ1n) is 6.56. The first-order valence-corrected chi connectivity index (χ1v) is 6.56. The van der Waals surface area contributed by atoms with Crippen LogP contribution in [-0.4, -0.2) is 11.7 Å². The minimum atomic E-state index is 0.431. The molecule has 0 saturated heterocycles. The van der Waals surface area contributed by atoms with E-state index in [0.717, 1.165) is 24.2 Å². The fraction of sp³-hybridized carbons (Fsp3) is 0.600. The molecule has 17 heavy (non-hydrogen) atoms. The summed E-state index contributed by atoms with van der Waals surface area (Å²) >= 11 is 0. The van der Waals surface area contributed by atoms with Crippen LogP contribution >= 0.6 is 0 Å². The molecule has 1 aliphatic carbocycles. The molecule has 0 unspecified atom stereocenters. The molecule has 1 fully saturated rings. The number of benzene rings is 1. The molecule has 2 rings (SSSR count). The van der Waals surface area contributed by atoms with Crippen LogP contribution in [0, 0.1) is 19.3 Å². The van der Waals surface area contributed by atoms with E-state index in [1.54, 1.807) is 0 Å². The first-order chi connectivity index (χ1) is 8.06. The number of phenolic OH excluding ortho intramolecular Hbond substituents is 1. The zero-order valence-corrected chi connectivity index (χ0v) is 11.1. The smallest absolute Gasteiger partial charge is 0.121 e. The van der Waals surface area contributed by atoms with E-state index in [1.165, 1.54) is 24.8 Å². The molecule has 94 valence electrons. The van der Waals surface area contributed by atoms with E-state index in [2.05, 4.69) is 24.4 Å². The highest BCUT2D eigenvalue weighted by molar-refractivity contribution is 5.42. The molecule has 0 heterocycles. The lowest BCUT2D eigenvalue weighted by atomic mass is 10.0. The maximum atomic E-state index is 9.71. The van der Waals surface area contributed by atoms with E-state index in [0.29, 0.717) is 11.2 Å². The summed E-state index contributed by atoms with van der Waals surface area (Å²) in [5.41, 5.74) is 3.81. The van der Waals surface area contributed by atoms with Crippen LogP contribution in [0.25, 0.3) is 0 Å². The van der Waals surface area contributed by atoms with E-state index in [1.807, 2.05) is 13.8 Å². The van der Waals surface area contributed by atoms with Crippen LogP contribution in [0.2, 0.25) is 0 Å². The second kappa shape index (κ2) is 4.69. The van der Waals surface area contributed by atoms with Crippen LogP contribution in [-0.2, 0) is 6.54 Å². The van der Waals surface area contributed by atoms with Gasteiger partial charge in [0.1, 0.15) is 5.75 Å². The van der Waals surface area contributed by atoms with Gasteiger partial charge in [-0.05, 0) is 55.2 Å². The van der Waals surface area contributed by atoms with E-state index in [-0.39, 0.29) is 0 Å². The Bertz CT molecular complexity index is 384. The summed E-state index contributed by atoms with van der Waals surface area (Å²) in [7, 11) is 0. The first kappa shape index (κ1) is 12.4.